The minimum Gasteiger partial charge on any atom is -0.326 e. The smallest absolute Gasteiger partial charge is 0.0196 e. The lowest BCUT2D eigenvalue weighted by Crippen LogP contribution is -1.60. The highest BCUT2D eigenvalue weighted by Crippen LogP contribution is 2.07. The molecule has 0 aliphatic carbocycles. The molecule has 0 fully saturated rings. The Morgan fingerprint density at radius 3 is 2.62 bits per heavy atom. The zero-order valence-corrected chi connectivity index (χ0v) is 5.90. The van der Waals surface area contributed by atoms with E-state index in [-0.39, 0.29) is 0 Å². The molecule has 0 aromatic carbocycles. The van der Waals surface area contributed by atoms with E-state index in [9.17, 15) is 0 Å². The van der Waals surface area contributed by atoms with E-state index in [1.807, 2.05) is 32.1 Å². The first-order chi connectivity index (χ1) is 3.81. The van der Waals surface area contributed by atoms with Gasteiger partial charge in [0, 0.05) is 16.9 Å². The van der Waals surface area contributed by atoms with Gasteiger partial charge in [-0.15, -0.1) is 0 Å². The molecule has 0 bridgehead atoms. The van der Waals surface area contributed by atoms with Crippen LogP contribution in [0.25, 0.3) is 0 Å². The lowest BCUT2D eigenvalue weighted by Gasteiger charge is -1.84. The van der Waals surface area contributed by atoms with Gasteiger partial charge in [-0.3, -0.25) is 0 Å². The topological polar surface area (TPSA) is 20.2 Å². The highest BCUT2D eigenvalue weighted by atomic mass is 32.2. The lowest BCUT2D eigenvalue weighted by molar-refractivity contribution is 0.669. The third-order valence-corrected chi connectivity index (χ3v) is 1.09. The van der Waals surface area contributed by atoms with Crippen LogP contribution in [0.5, 0.6) is 0 Å². The van der Waals surface area contributed by atoms with Crippen molar-refractivity contribution < 1.29 is 4.55 Å². The van der Waals surface area contributed by atoms with Gasteiger partial charge in [-0.05, 0) is 13.8 Å². The minimum absolute atomic E-state index is 0.775. The van der Waals surface area contributed by atoms with Gasteiger partial charge in [0.25, 0.3) is 0 Å². The Kier molecular flexibility index (Phi) is 4.81. The molecule has 0 heterocycles. The molecule has 0 aromatic rings. The van der Waals surface area contributed by atoms with Gasteiger partial charge in [0.15, 0.2) is 0 Å². The average molecular weight is 130 g/mol. The molecule has 0 amide bonds. The van der Waals surface area contributed by atoms with Crippen LogP contribution >= 0.6 is 12.0 Å². The molecule has 0 aliphatic rings. The molecule has 0 saturated carbocycles. The molecule has 0 radical (unpaired) electrons. The van der Waals surface area contributed by atoms with Crippen molar-refractivity contribution in [3.8, 4) is 0 Å². The maximum Gasteiger partial charge on any atom is 0.0196 e. The highest BCUT2D eigenvalue weighted by molar-refractivity contribution is 7.97. The molecular weight excluding hydrogens is 120 g/mol. The summed E-state index contributed by atoms with van der Waals surface area (Å²) in [6.07, 6.45) is 5.66. The predicted molar refractivity (Wildman–Crippen MR) is 38.8 cm³/mol. The first-order valence-electron chi connectivity index (χ1n) is 2.42. The van der Waals surface area contributed by atoms with Crippen LogP contribution in [0.2, 0.25) is 0 Å². The SMILES string of the molecule is CC=CC=C(C)SO. The van der Waals surface area contributed by atoms with Crippen molar-refractivity contribution in [1.82, 2.24) is 0 Å². The number of rotatable bonds is 2. The van der Waals surface area contributed by atoms with Crippen LogP contribution in [0.4, 0.5) is 0 Å². The Hall–Kier alpha value is -0.210. The number of hydrogen-bond donors (Lipinski definition) is 1. The summed E-state index contributed by atoms with van der Waals surface area (Å²) < 4.78 is 8.38. The molecule has 1 nitrogen and oxygen atoms in total. The quantitative estimate of drug-likeness (QED) is 0.458. The largest absolute Gasteiger partial charge is 0.326 e. The van der Waals surface area contributed by atoms with Gasteiger partial charge in [0.2, 0.25) is 0 Å². The monoisotopic (exact) mass is 130 g/mol. The first kappa shape index (κ1) is 7.79. The predicted octanol–water partition coefficient (Wildman–Crippen LogP) is 2.67. The zero-order chi connectivity index (χ0) is 6.41. The Labute approximate surface area is 54.3 Å². The summed E-state index contributed by atoms with van der Waals surface area (Å²) in [7, 11) is 0. The molecule has 0 saturated heterocycles. The van der Waals surface area contributed by atoms with E-state index in [0.717, 1.165) is 16.9 Å². The molecule has 46 valence electrons. The van der Waals surface area contributed by atoms with E-state index < -0.39 is 0 Å². The van der Waals surface area contributed by atoms with Crippen LogP contribution in [0, 0.1) is 0 Å². The van der Waals surface area contributed by atoms with Gasteiger partial charge >= 0.3 is 0 Å². The van der Waals surface area contributed by atoms with Gasteiger partial charge < -0.3 is 4.55 Å². The van der Waals surface area contributed by atoms with E-state index in [1.165, 1.54) is 0 Å². The summed E-state index contributed by atoms with van der Waals surface area (Å²) in [5.74, 6) is 0. The second-order valence-electron chi connectivity index (χ2n) is 1.39. The van der Waals surface area contributed by atoms with Crippen molar-refractivity contribution in [3.05, 3.63) is 23.1 Å². The fourth-order valence-corrected chi connectivity index (χ4v) is 0.402. The van der Waals surface area contributed by atoms with Gasteiger partial charge in [-0.1, -0.05) is 18.2 Å². The van der Waals surface area contributed by atoms with Crippen LogP contribution in [-0.4, -0.2) is 4.55 Å². The number of allylic oxidation sites excluding steroid dienone is 4. The summed E-state index contributed by atoms with van der Waals surface area (Å²) in [4.78, 5) is 0.906. The van der Waals surface area contributed by atoms with E-state index in [0.29, 0.717) is 0 Å². The van der Waals surface area contributed by atoms with Crippen molar-refractivity contribution in [1.29, 1.82) is 0 Å². The fourth-order valence-electron chi connectivity index (χ4n) is 0.262. The minimum atomic E-state index is 0.775. The Morgan fingerprint density at radius 1 is 1.62 bits per heavy atom. The molecular formula is C6H10OS. The Bertz CT molecular complexity index is 105. The summed E-state index contributed by atoms with van der Waals surface area (Å²) in [5.41, 5.74) is 0. The maximum absolute atomic E-state index is 8.38. The van der Waals surface area contributed by atoms with E-state index >= 15 is 0 Å². The summed E-state index contributed by atoms with van der Waals surface area (Å²) in [5, 5.41) is 0. The lowest BCUT2D eigenvalue weighted by atomic mass is 10.5. The zero-order valence-electron chi connectivity index (χ0n) is 5.09. The van der Waals surface area contributed by atoms with Crippen molar-refractivity contribution >= 4 is 12.0 Å². The van der Waals surface area contributed by atoms with Crippen molar-refractivity contribution in [2.24, 2.45) is 0 Å². The van der Waals surface area contributed by atoms with Gasteiger partial charge in [-0.25, -0.2) is 0 Å². The molecule has 0 atom stereocenters. The van der Waals surface area contributed by atoms with Gasteiger partial charge in [0.1, 0.15) is 0 Å². The van der Waals surface area contributed by atoms with Crippen LogP contribution in [0.15, 0.2) is 23.1 Å². The maximum atomic E-state index is 8.38. The molecule has 8 heavy (non-hydrogen) atoms. The molecule has 0 rings (SSSR count). The van der Waals surface area contributed by atoms with Gasteiger partial charge in [0.05, 0.1) is 0 Å². The van der Waals surface area contributed by atoms with Crippen molar-refractivity contribution in [3.63, 3.8) is 0 Å². The first-order valence-corrected chi connectivity index (χ1v) is 3.19. The molecule has 2 heteroatoms. The summed E-state index contributed by atoms with van der Waals surface area (Å²) in [6.45, 7) is 3.79. The Morgan fingerprint density at radius 2 is 2.25 bits per heavy atom. The standard InChI is InChI=1S/C6H10OS/c1-3-4-5-6(2)8-7/h3-5,7H,1-2H3. The fraction of sp³-hybridized carbons (Fsp3) is 0.333. The van der Waals surface area contributed by atoms with Crippen molar-refractivity contribution in [2.75, 3.05) is 0 Å². The normalized spacial score (nSPS) is 13.1. The third-order valence-electron chi connectivity index (χ3n) is 0.667. The van der Waals surface area contributed by atoms with Gasteiger partial charge in [-0.2, -0.15) is 0 Å². The Balaban J connectivity index is 3.57. The summed E-state index contributed by atoms with van der Waals surface area (Å²) in [6, 6.07) is 0. The van der Waals surface area contributed by atoms with Crippen LogP contribution in [-0.2, 0) is 0 Å². The summed E-state index contributed by atoms with van der Waals surface area (Å²) >= 11 is 0.775. The van der Waals surface area contributed by atoms with E-state index in [1.54, 1.807) is 0 Å². The van der Waals surface area contributed by atoms with Crippen LogP contribution in [0.3, 0.4) is 0 Å². The second-order valence-corrected chi connectivity index (χ2v) is 2.22. The molecule has 1 N–H and O–H groups in total. The van der Waals surface area contributed by atoms with Crippen LogP contribution < -0.4 is 0 Å². The van der Waals surface area contributed by atoms with Crippen LogP contribution in [0.1, 0.15) is 13.8 Å². The molecule has 0 spiro atoms. The average Bonchev–Trinajstić information content (AvgIpc) is 1.83. The van der Waals surface area contributed by atoms with E-state index in [2.05, 4.69) is 0 Å². The molecule has 0 unspecified atom stereocenters. The molecule has 0 aliphatic heterocycles. The third kappa shape index (κ3) is 3.96. The van der Waals surface area contributed by atoms with E-state index in [4.69, 9.17) is 4.55 Å². The number of hydrogen-bond acceptors (Lipinski definition) is 2. The second kappa shape index (κ2) is 4.94. The molecule has 0 aromatic heterocycles. The highest BCUT2D eigenvalue weighted by Gasteiger charge is 1.78. The van der Waals surface area contributed by atoms with Crippen molar-refractivity contribution in [2.45, 2.75) is 13.8 Å².